The molecule has 2 heterocycles. The average Bonchev–Trinajstić information content (AvgIpc) is 2.58. The lowest BCUT2D eigenvalue weighted by atomic mass is 10.0. The number of ether oxygens (including phenoxy) is 2. The number of anilines is 2. The molecule has 1 amide bonds. The Labute approximate surface area is 147 Å². The number of fused-ring (bicyclic) bond motifs is 3. The molecule has 0 aliphatic carbocycles. The fourth-order valence-corrected chi connectivity index (χ4v) is 3.27. The van der Waals surface area contributed by atoms with Crippen molar-refractivity contribution >= 4 is 23.4 Å². The molecular formula is C18H25N3O4. The molecular weight excluding hydrogens is 322 g/mol. The maximum atomic E-state index is 12.8. The fraction of sp³-hybridized carbons (Fsp3) is 0.556. The standard InChI is InChI=1S/C18H25N3O4/c1-18(2,3)25-17(23)21-11-13-10-19-7-8-20(13)14-6-5-12(9-15(14)21)16(22)24-4/h5-6,9,13,19H,7-8,10-11H2,1-4H3. The molecule has 2 aliphatic rings. The first-order chi connectivity index (χ1) is 11.8. The van der Waals surface area contributed by atoms with Crippen LogP contribution in [0.4, 0.5) is 16.2 Å². The number of benzene rings is 1. The van der Waals surface area contributed by atoms with Gasteiger partial charge in [0.25, 0.3) is 0 Å². The molecule has 2 aliphatic heterocycles. The molecule has 7 nitrogen and oxygen atoms in total. The first kappa shape index (κ1) is 17.5. The monoisotopic (exact) mass is 347 g/mol. The van der Waals surface area contributed by atoms with Crippen molar-refractivity contribution in [2.75, 3.05) is 43.1 Å². The van der Waals surface area contributed by atoms with E-state index in [-0.39, 0.29) is 6.04 Å². The van der Waals surface area contributed by atoms with E-state index in [1.54, 1.807) is 17.0 Å². The smallest absolute Gasteiger partial charge is 0.414 e. The number of carbonyl (C=O) groups excluding carboxylic acids is 2. The Morgan fingerprint density at radius 1 is 1.24 bits per heavy atom. The summed E-state index contributed by atoms with van der Waals surface area (Å²) in [6.45, 7) is 8.59. The molecule has 0 spiro atoms. The molecule has 1 fully saturated rings. The third-order valence-corrected chi connectivity index (χ3v) is 4.35. The van der Waals surface area contributed by atoms with E-state index in [0.717, 1.165) is 25.3 Å². The lowest BCUT2D eigenvalue weighted by Crippen LogP contribution is -2.60. The first-order valence-electron chi connectivity index (χ1n) is 8.50. The van der Waals surface area contributed by atoms with Crippen molar-refractivity contribution in [3.63, 3.8) is 0 Å². The Hall–Kier alpha value is -2.28. The molecule has 25 heavy (non-hydrogen) atoms. The van der Waals surface area contributed by atoms with Gasteiger partial charge in [-0.3, -0.25) is 4.90 Å². The van der Waals surface area contributed by atoms with Gasteiger partial charge in [0.05, 0.1) is 36.6 Å². The van der Waals surface area contributed by atoms with Gasteiger partial charge in [-0.2, -0.15) is 0 Å². The highest BCUT2D eigenvalue weighted by atomic mass is 16.6. The number of piperazine rings is 1. The van der Waals surface area contributed by atoms with Crippen molar-refractivity contribution in [2.45, 2.75) is 32.4 Å². The molecule has 0 aromatic heterocycles. The second kappa shape index (κ2) is 6.55. The van der Waals surface area contributed by atoms with Crippen LogP contribution >= 0.6 is 0 Å². The summed E-state index contributed by atoms with van der Waals surface area (Å²) in [4.78, 5) is 28.6. The average molecular weight is 347 g/mol. The third kappa shape index (κ3) is 3.56. The Morgan fingerprint density at radius 2 is 2.00 bits per heavy atom. The number of esters is 1. The van der Waals surface area contributed by atoms with Crippen LogP contribution in [-0.4, -0.2) is 57.0 Å². The summed E-state index contributed by atoms with van der Waals surface area (Å²) >= 11 is 0. The predicted molar refractivity (Wildman–Crippen MR) is 95.4 cm³/mol. The van der Waals surface area contributed by atoms with Crippen molar-refractivity contribution in [3.05, 3.63) is 23.8 Å². The van der Waals surface area contributed by atoms with Crippen LogP contribution in [0.15, 0.2) is 18.2 Å². The molecule has 0 radical (unpaired) electrons. The largest absolute Gasteiger partial charge is 0.465 e. The molecule has 1 unspecified atom stereocenters. The maximum Gasteiger partial charge on any atom is 0.414 e. The van der Waals surface area contributed by atoms with Crippen LogP contribution in [0.2, 0.25) is 0 Å². The van der Waals surface area contributed by atoms with E-state index in [1.165, 1.54) is 7.11 Å². The van der Waals surface area contributed by atoms with Crippen LogP contribution in [0.3, 0.4) is 0 Å². The predicted octanol–water partition coefficient (Wildman–Crippen LogP) is 2.01. The van der Waals surface area contributed by atoms with Gasteiger partial charge in [0.1, 0.15) is 5.60 Å². The summed E-state index contributed by atoms with van der Waals surface area (Å²) in [6.07, 6.45) is -0.402. The van der Waals surface area contributed by atoms with Crippen molar-refractivity contribution < 1.29 is 19.1 Å². The van der Waals surface area contributed by atoms with Crippen molar-refractivity contribution in [2.24, 2.45) is 0 Å². The zero-order valence-electron chi connectivity index (χ0n) is 15.2. The highest BCUT2D eigenvalue weighted by Gasteiger charge is 2.37. The molecule has 1 atom stereocenters. The van der Waals surface area contributed by atoms with Crippen LogP contribution in [0.1, 0.15) is 31.1 Å². The fourth-order valence-electron chi connectivity index (χ4n) is 3.27. The highest BCUT2D eigenvalue weighted by molar-refractivity contribution is 5.98. The summed E-state index contributed by atoms with van der Waals surface area (Å²) in [5.74, 6) is -0.422. The molecule has 0 saturated carbocycles. The van der Waals surface area contributed by atoms with Gasteiger partial charge in [-0.25, -0.2) is 9.59 Å². The van der Waals surface area contributed by atoms with Gasteiger partial charge >= 0.3 is 12.1 Å². The highest BCUT2D eigenvalue weighted by Crippen LogP contribution is 2.37. The van der Waals surface area contributed by atoms with Crippen LogP contribution in [0.5, 0.6) is 0 Å². The number of carbonyl (C=O) groups is 2. The van der Waals surface area contributed by atoms with Crippen LogP contribution in [0, 0.1) is 0 Å². The van der Waals surface area contributed by atoms with Crippen LogP contribution in [-0.2, 0) is 9.47 Å². The number of methoxy groups -OCH3 is 1. The minimum atomic E-state index is -0.584. The summed E-state index contributed by atoms with van der Waals surface area (Å²) in [6, 6.07) is 5.51. The third-order valence-electron chi connectivity index (χ3n) is 4.35. The molecule has 7 heteroatoms. The molecule has 3 rings (SSSR count). The summed E-state index contributed by atoms with van der Waals surface area (Å²) in [5.41, 5.74) is 1.47. The second-order valence-corrected chi connectivity index (χ2v) is 7.34. The summed E-state index contributed by atoms with van der Waals surface area (Å²) in [5, 5.41) is 3.37. The van der Waals surface area contributed by atoms with Crippen molar-refractivity contribution in [1.29, 1.82) is 0 Å². The van der Waals surface area contributed by atoms with E-state index >= 15 is 0 Å². The zero-order valence-corrected chi connectivity index (χ0v) is 15.2. The number of nitrogens with zero attached hydrogens (tertiary/aromatic N) is 2. The van der Waals surface area contributed by atoms with E-state index in [9.17, 15) is 9.59 Å². The minimum absolute atomic E-state index is 0.178. The molecule has 0 bridgehead atoms. The van der Waals surface area contributed by atoms with Crippen molar-refractivity contribution in [3.8, 4) is 0 Å². The van der Waals surface area contributed by atoms with Crippen LogP contribution in [0.25, 0.3) is 0 Å². The zero-order chi connectivity index (χ0) is 18.2. The Morgan fingerprint density at radius 3 is 2.68 bits per heavy atom. The van der Waals surface area contributed by atoms with E-state index < -0.39 is 17.7 Å². The van der Waals surface area contributed by atoms with Gasteiger partial charge in [-0.1, -0.05) is 0 Å². The second-order valence-electron chi connectivity index (χ2n) is 7.34. The van der Waals surface area contributed by atoms with Gasteiger partial charge in [0.15, 0.2) is 0 Å². The van der Waals surface area contributed by atoms with Gasteiger partial charge in [-0.05, 0) is 39.0 Å². The quantitative estimate of drug-likeness (QED) is 0.784. The normalized spacial score (nSPS) is 19.8. The van der Waals surface area contributed by atoms with E-state index in [0.29, 0.717) is 17.8 Å². The number of nitrogens with one attached hydrogen (secondary N) is 1. The van der Waals surface area contributed by atoms with E-state index in [4.69, 9.17) is 9.47 Å². The van der Waals surface area contributed by atoms with Gasteiger partial charge in [0, 0.05) is 19.6 Å². The number of rotatable bonds is 1. The summed E-state index contributed by atoms with van der Waals surface area (Å²) < 4.78 is 10.4. The van der Waals surface area contributed by atoms with Gasteiger partial charge in [0.2, 0.25) is 0 Å². The lowest BCUT2D eigenvalue weighted by molar-refractivity contribution is 0.0568. The molecule has 136 valence electrons. The first-order valence-corrected chi connectivity index (χ1v) is 8.50. The molecule has 1 aromatic carbocycles. The topological polar surface area (TPSA) is 71.1 Å². The summed E-state index contributed by atoms with van der Waals surface area (Å²) in [7, 11) is 1.35. The molecule has 1 saturated heterocycles. The lowest BCUT2D eigenvalue weighted by Gasteiger charge is -2.46. The number of hydrogen-bond acceptors (Lipinski definition) is 6. The maximum absolute atomic E-state index is 12.8. The number of amides is 1. The minimum Gasteiger partial charge on any atom is -0.465 e. The van der Waals surface area contributed by atoms with Gasteiger partial charge < -0.3 is 19.7 Å². The Kier molecular flexibility index (Phi) is 4.60. The Balaban J connectivity index is 2.01. The van der Waals surface area contributed by atoms with Crippen molar-refractivity contribution in [1.82, 2.24) is 5.32 Å². The molecule has 1 aromatic rings. The Bertz CT molecular complexity index is 683. The van der Waals surface area contributed by atoms with E-state index in [1.807, 2.05) is 26.8 Å². The van der Waals surface area contributed by atoms with E-state index in [2.05, 4.69) is 10.2 Å². The van der Waals surface area contributed by atoms with Gasteiger partial charge in [-0.15, -0.1) is 0 Å². The molecule has 1 N–H and O–H groups in total. The van der Waals surface area contributed by atoms with Crippen LogP contribution < -0.4 is 15.1 Å². The SMILES string of the molecule is COC(=O)c1ccc2c(c1)N(C(=O)OC(C)(C)C)CC1CNCCN21. The number of hydrogen-bond donors (Lipinski definition) is 1.